The summed E-state index contributed by atoms with van der Waals surface area (Å²) in [5.74, 6) is 0.747. The maximum atomic E-state index is 12.1. The summed E-state index contributed by atoms with van der Waals surface area (Å²) in [5.41, 5.74) is 0.702. The molecule has 1 aromatic rings. The van der Waals surface area contributed by atoms with Crippen LogP contribution < -0.4 is 5.32 Å². The molecule has 1 saturated carbocycles. The second-order valence-corrected chi connectivity index (χ2v) is 6.48. The highest BCUT2D eigenvalue weighted by atomic mass is 79.9. The number of carbonyl (C=O) groups is 1. The van der Waals surface area contributed by atoms with Crippen LogP contribution in [-0.4, -0.2) is 11.9 Å². The van der Waals surface area contributed by atoms with E-state index in [1.54, 1.807) is 0 Å². The van der Waals surface area contributed by atoms with Gasteiger partial charge in [-0.1, -0.05) is 22.9 Å². The summed E-state index contributed by atoms with van der Waals surface area (Å²) in [6, 6.07) is 5.96. The number of hydrogen-bond acceptors (Lipinski definition) is 1. The highest BCUT2D eigenvalue weighted by Crippen LogP contribution is 2.26. The van der Waals surface area contributed by atoms with Crippen molar-refractivity contribution in [1.29, 1.82) is 0 Å². The zero-order chi connectivity index (χ0) is 12.4. The molecule has 1 fully saturated rings. The number of nitrogens with one attached hydrogen (secondary N) is 1. The fourth-order valence-electron chi connectivity index (χ4n) is 2.27. The van der Waals surface area contributed by atoms with Crippen LogP contribution in [0.5, 0.6) is 0 Å². The number of rotatable bonds is 2. The predicted octanol–water partition coefficient (Wildman–Crippen LogP) is 4.13. The van der Waals surface area contributed by atoms with Crippen LogP contribution in [0, 0.1) is 5.92 Å². The molecule has 4 heteroatoms. The van der Waals surface area contributed by atoms with Crippen molar-refractivity contribution in [3.63, 3.8) is 0 Å². The monoisotopic (exact) mass is 359 g/mol. The number of hydrogen-bond donors (Lipinski definition) is 1. The first-order chi connectivity index (χ1) is 8.06. The number of carbonyl (C=O) groups excluding carboxylic acids is 1. The topological polar surface area (TPSA) is 29.1 Å². The third-order valence-electron chi connectivity index (χ3n) is 3.21. The summed E-state index contributed by atoms with van der Waals surface area (Å²) in [6.45, 7) is 2.24. The van der Waals surface area contributed by atoms with Gasteiger partial charge in [-0.2, -0.15) is 0 Å². The Kier molecular flexibility index (Phi) is 4.26. The minimum Gasteiger partial charge on any atom is -0.349 e. The molecule has 2 nitrogen and oxygen atoms in total. The Labute approximate surface area is 118 Å². The highest BCUT2D eigenvalue weighted by Gasteiger charge is 2.23. The van der Waals surface area contributed by atoms with E-state index in [0.717, 1.165) is 27.7 Å². The van der Waals surface area contributed by atoms with E-state index < -0.39 is 0 Å². The molecule has 17 heavy (non-hydrogen) atoms. The van der Waals surface area contributed by atoms with E-state index in [2.05, 4.69) is 44.1 Å². The van der Waals surface area contributed by atoms with E-state index in [1.807, 2.05) is 18.2 Å². The lowest BCUT2D eigenvalue weighted by molar-refractivity contribution is 0.0936. The van der Waals surface area contributed by atoms with Gasteiger partial charge in [-0.15, -0.1) is 0 Å². The largest absolute Gasteiger partial charge is 0.349 e. The third kappa shape index (κ3) is 3.32. The second kappa shape index (κ2) is 5.53. The fraction of sp³-hybridized carbons (Fsp3) is 0.462. The van der Waals surface area contributed by atoms with Crippen LogP contribution in [0.15, 0.2) is 27.1 Å². The standard InChI is InChI=1S/C13H15Br2NO/c1-8-2-4-10(6-8)16-13(17)11-5-3-9(14)7-12(11)15/h3,5,7-8,10H,2,4,6H2,1H3,(H,16,17). The molecule has 0 spiro atoms. The van der Waals surface area contributed by atoms with Gasteiger partial charge in [-0.25, -0.2) is 0 Å². The van der Waals surface area contributed by atoms with Crippen LogP contribution in [0.3, 0.4) is 0 Å². The van der Waals surface area contributed by atoms with Gasteiger partial charge in [-0.05, 0) is 59.3 Å². The second-order valence-electron chi connectivity index (χ2n) is 4.71. The van der Waals surface area contributed by atoms with Gasteiger partial charge in [0.05, 0.1) is 5.56 Å². The lowest BCUT2D eigenvalue weighted by Crippen LogP contribution is -2.33. The van der Waals surface area contributed by atoms with Gasteiger partial charge in [0.2, 0.25) is 0 Å². The van der Waals surface area contributed by atoms with Gasteiger partial charge >= 0.3 is 0 Å². The summed E-state index contributed by atoms with van der Waals surface area (Å²) in [4.78, 5) is 12.1. The molecule has 2 rings (SSSR count). The van der Waals surface area contributed by atoms with Gasteiger partial charge in [0.15, 0.2) is 0 Å². The van der Waals surface area contributed by atoms with Crippen LogP contribution in [0.1, 0.15) is 36.5 Å². The quantitative estimate of drug-likeness (QED) is 0.844. The van der Waals surface area contributed by atoms with E-state index >= 15 is 0 Å². The van der Waals surface area contributed by atoms with Crippen molar-refractivity contribution in [3.05, 3.63) is 32.7 Å². The maximum Gasteiger partial charge on any atom is 0.252 e. The predicted molar refractivity (Wildman–Crippen MR) is 76.1 cm³/mol. The molecule has 0 aliphatic heterocycles. The third-order valence-corrected chi connectivity index (χ3v) is 4.36. The first kappa shape index (κ1) is 13.1. The molecule has 2 unspecified atom stereocenters. The van der Waals surface area contributed by atoms with Crippen molar-refractivity contribution in [1.82, 2.24) is 5.32 Å². The Hall–Kier alpha value is -0.350. The van der Waals surface area contributed by atoms with Gasteiger partial charge in [-0.3, -0.25) is 4.79 Å². The van der Waals surface area contributed by atoms with Gasteiger partial charge in [0.1, 0.15) is 0 Å². The lowest BCUT2D eigenvalue weighted by atomic mass is 10.1. The molecule has 0 heterocycles. The number of amides is 1. The Morgan fingerprint density at radius 3 is 2.71 bits per heavy atom. The zero-order valence-corrected chi connectivity index (χ0v) is 12.8. The molecule has 0 aromatic heterocycles. The fourth-order valence-corrected chi connectivity index (χ4v) is 3.50. The smallest absolute Gasteiger partial charge is 0.252 e. The Balaban J connectivity index is 2.04. The molecular weight excluding hydrogens is 346 g/mol. The van der Waals surface area contributed by atoms with E-state index in [4.69, 9.17) is 0 Å². The normalized spacial score (nSPS) is 23.7. The van der Waals surface area contributed by atoms with Gasteiger partial charge < -0.3 is 5.32 Å². The Bertz CT molecular complexity index is 433. The summed E-state index contributed by atoms with van der Waals surface area (Å²) in [7, 11) is 0. The highest BCUT2D eigenvalue weighted by molar-refractivity contribution is 9.11. The first-order valence-electron chi connectivity index (χ1n) is 5.82. The first-order valence-corrected chi connectivity index (χ1v) is 7.41. The van der Waals surface area contributed by atoms with E-state index in [9.17, 15) is 4.79 Å². The molecule has 1 aliphatic rings. The Morgan fingerprint density at radius 1 is 1.35 bits per heavy atom. The van der Waals surface area contributed by atoms with E-state index in [0.29, 0.717) is 11.6 Å². The number of benzene rings is 1. The molecule has 1 aliphatic carbocycles. The molecular formula is C13H15Br2NO. The summed E-state index contributed by atoms with van der Waals surface area (Å²) < 4.78 is 1.80. The summed E-state index contributed by atoms with van der Waals surface area (Å²) >= 11 is 6.80. The van der Waals surface area contributed by atoms with Crippen molar-refractivity contribution in [2.45, 2.75) is 32.2 Å². The minimum atomic E-state index is 0.0171. The molecule has 1 N–H and O–H groups in total. The van der Waals surface area contributed by atoms with Crippen LogP contribution >= 0.6 is 31.9 Å². The average Bonchev–Trinajstić information content (AvgIpc) is 2.63. The van der Waals surface area contributed by atoms with Crippen molar-refractivity contribution in [3.8, 4) is 0 Å². The maximum absolute atomic E-state index is 12.1. The van der Waals surface area contributed by atoms with Crippen molar-refractivity contribution < 1.29 is 4.79 Å². The molecule has 92 valence electrons. The van der Waals surface area contributed by atoms with Crippen molar-refractivity contribution in [2.75, 3.05) is 0 Å². The SMILES string of the molecule is CC1CCC(NC(=O)c2ccc(Br)cc2Br)C1. The minimum absolute atomic E-state index is 0.0171. The van der Waals surface area contributed by atoms with Gasteiger partial charge in [0, 0.05) is 15.0 Å². The summed E-state index contributed by atoms with van der Waals surface area (Å²) in [5, 5.41) is 3.10. The molecule has 0 saturated heterocycles. The van der Waals surface area contributed by atoms with Gasteiger partial charge in [0.25, 0.3) is 5.91 Å². The lowest BCUT2D eigenvalue weighted by Gasteiger charge is -2.13. The molecule has 2 atom stereocenters. The number of halogens is 2. The van der Waals surface area contributed by atoms with Crippen LogP contribution in [0.25, 0.3) is 0 Å². The molecule has 0 bridgehead atoms. The zero-order valence-electron chi connectivity index (χ0n) is 9.67. The molecule has 1 aromatic carbocycles. The Morgan fingerprint density at radius 2 is 2.12 bits per heavy atom. The van der Waals surface area contributed by atoms with E-state index in [-0.39, 0.29) is 5.91 Å². The average molecular weight is 361 g/mol. The van der Waals surface area contributed by atoms with Crippen LogP contribution in [0.4, 0.5) is 0 Å². The van der Waals surface area contributed by atoms with Crippen molar-refractivity contribution >= 4 is 37.8 Å². The van der Waals surface area contributed by atoms with Crippen LogP contribution in [-0.2, 0) is 0 Å². The van der Waals surface area contributed by atoms with E-state index in [1.165, 1.54) is 6.42 Å². The molecule has 1 amide bonds. The molecule has 0 radical (unpaired) electrons. The van der Waals surface area contributed by atoms with Crippen molar-refractivity contribution in [2.24, 2.45) is 5.92 Å². The summed E-state index contributed by atoms with van der Waals surface area (Å²) in [6.07, 6.45) is 3.41. The van der Waals surface area contributed by atoms with Crippen LogP contribution in [0.2, 0.25) is 0 Å².